The van der Waals surface area contributed by atoms with E-state index >= 15 is 0 Å². The molecule has 2 heterocycles. The standard InChI is InChI=1S/C18H24Cl2N2O2/c19-15-6-1-7-16(18(15)20)24-12-3-8-17(23)22-11-4-10-21-9-2-5-14(21)13-22/h1,6-7,14H,2-5,8-13H2/t14-/m1/s1. The minimum atomic E-state index is 0.240. The zero-order valence-corrected chi connectivity index (χ0v) is 15.4. The van der Waals surface area contributed by atoms with Crippen LogP contribution in [0.5, 0.6) is 5.75 Å². The fraction of sp³-hybridized carbons (Fsp3) is 0.611. The first-order valence-electron chi connectivity index (χ1n) is 8.74. The van der Waals surface area contributed by atoms with Gasteiger partial charge < -0.3 is 9.64 Å². The highest BCUT2D eigenvalue weighted by molar-refractivity contribution is 6.42. The molecule has 132 valence electrons. The SMILES string of the molecule is O=C(CCCOc1cccc(Cl)c1Cl)N1CCCN2CCC[C@@H]2C1. The lowest BCUT2D eigenvalue weighted by molar-refractivity contribution is -0.131. The zero-order chi connectivity index (χ0) is 16.9. The summed E-state index contributed by atoms with van der Waals surface area (Å²) >= 11 is 12.1. The summed E-state index contributed by atoms with van der Waals surface area (Å²) in [5, 5.41) is 0.912. The molecule has 0 unspecified atom stereocenters. The van der Waals surface area contributed by atoms with Gasteiger partial charge in [0.25, 0.3) is 0 Å². The number of halogens is 2. The number of carbonyl (C=O) groups excluding carboxylic acids is 1. The molecule has 0 aliphatic carbocycles. The van der Waals surface area contributed by atoms with E-state index in [0.29, 0.717) is 41.3 Å². The summed E-state index contributed by atoms with van der Waals surface area (Å²) in [5.74, 6) is 0.817. The second-order valence-corrected chi connectivity index (χ2v) is 7.31. The van der Waals surface area contributed by atoms with Gasteiger partial charge in [0.15, 0.2) is 0 Å². The highest BCUT2D eigenvalue weighted by atomic mass is 35.5. The molecule has 2 fully saturated rings. The number of benzene rings is 1. The third kappa shape index (κ3) is 4.35. The molecule has 1 amide bonds. The van der Waals surface area contributed by atoms with E-state index < -0.39 is 0 Å². The maximum Gasteiger partial charge on any atom is 0.222 e. The Morgan fingerprint density at radius 3 is 2.92 bits per heavy atom. The average molecular weight is 371 g/mol. The van der Waals surface area contributed by atoms with Gasteiger partial charge in [-0.3, -0.25) is 9.69 Å². The Kier molecular flexibility index (Phi) is 6.25. The molecule has 4 nitrogen and oxygen atoms in total. The Balaban J connectivity index is 1.43. The number of amides is 1. The minimum absolute atomic E-state index is 0.240. The van der Waals surface area contributed by atoms with Crippen LogP contribution in [0.1, 0.15) is 32.1 Å². The van der Waals surface area contributed by atoms with Gasteiger partial charge in [0, 0.05) is 32.1 Å². The van der Waals surface area contributed by atoms with Crippen LogP contribution in [0, 0.1) is 0 Å². The van der Waals surface area contributed by atoms with E-state index in [4.69, 9.17) is 27.9 Å². The van der Waals surface area contributed by atoms with Crippen molar-refractivity contribution in [2.24, 2.45) is 0 Å². The number of hydrogen-bond acceptors (Lipinski definition) is 3. The van der Waals surface area contributed by atoms with Crippen molar-refractivity contribution >= 4 is 29.1 Å². The van der Waals surface area contributed by atoms with Crippen molar-refractivity contribution in [2.75, 3.05) is 32.8 Å². The summed E-state index contributed by atoms with van der Waals surface area (Å²) in [6, 6.07) is 5.89. The zero-order valence-electron chi connectivity index (χ0n) is 13.8. The Hall–Kier alpha value is -0.970. The maximum atomic E-state index is 12.5. The summed E-state index contributed by atoms with van der Waals surface area (Å²) in [6.07, 6.45) is 4.77. The molecule has 1 atom stereocenters. The number of hydrogen-bond donors (Lipinski definition) is 0. The van der Waals surface area contributed by atoms with Crippen LogP contribution in [0.25, 0.3) is 0 Å². The summed E-state index contributed by atoms with van der Waals surface area (Å²) in [4.78, 5) is 17.1. The van der Waals surface area contributed by atoms with Gasteiger partial charge in [0.1, 0.15) is 10.8 Å². The van der Waals surface area contributed by atoms with Gasteiger partial charge in [-0.15, -0.1) is 0 Å². The van der Waals surface area contributed by atoms with E-state index in [1.54, 1.807) is 18.2 Å². The third-order valence-corrected chi connectivity index (χ3v) is 5.67. The highest BCUT2D eigenvalue weighted by Gasteiger charge is 2.30. The molecule has 0 spiro atoms. The molecule has 2 aliphatic rings. The molecule has 0 N–H and O–H groups in total. The molecular formula is C18H24Cl2N2O2. The fourth-order valence-electron chi connectivity index (χ4n) is 3.59. The van der Waals surface area contributed by atoms with Crippen molar-refractivity contribution < 1.29 is 9.53 Å². The third-order valence-electron chi connectivity index (χ3n) is 4.86. The average Bonchev–Trinajstić information content (AvgIpc) is 2.91. The summed E-state index contributed by atoms with van der Waals surface area (Å²) in [7, 11) is 0. The van der Waals surface area contributed by atoms with E-state index in [9.17, 15) is 4.79 Å². The van der Waals surface area contributed by atoms with Crippen LogP contribution in [0.15, 0.2) is 18.2 Å². The van der Waals surface area contributed by atoms with Crippen LogP contribution in [-0.2, 0) is 4.79 Å². The summed E-state index contributed by atoms with van der Waals surface area (Å²) < 4.78 is 5.65. The molecule has 6 heteroatoms. The van der Waals surface area contributed by atoms with Crippen molar-refractivity contribution in [3.63, 3.8) is 0 Å². The molecule has 1 aromatic carbocycles. The van der Waals surface area contributed by atoms with Gasteiger partial charge >= 0.3 is 0 Å². The molecule has 0 bridgehead atoms. The second-order valence-electron chi connectivity index (χ2n) is 6.53. The number of ether oxygens (including phenoxy) is 1. The lowest BCUT2D eigenvalue weighted by Crippen LogP contribution is -2.39. The number of fused-ring (bicyclic) bond motifs is 1. The van der Waals surface area contributed by atoms with Crippen LogP contribution in [0.3, 0.4) is 0 Å². The molecule has 24 heavy (non-hydrogen) atoms. The van der Waals surface area contributed by atoms with E-state index in [0.717, 1.165) is 26.1 Å². The van der Waals surface area contributed by atoms with Crippen LogP contribution < -0.4 is 4.74 Å². The minimum Gasteiger partial charge on any atom is -0.492 e. The smallest absolute Gasteiger partial charge is 0.222 e. The Morgan fingerprint density at radius 1 is 1.21 bits per heavy atom. The van der Waals surface area contributed by atoms with Gasteiger partial charge in [-0.2, -0.15) is 0 Å². The molecule has 0 radical (unpaired) electrons. The van der Waals surface area contributed by atoms with Crippen molar-refractivity contribution in [3.8, 4) is 5.75 Å². The highest BCUT2D eigenvalue weighted by Crippen LogP contribution is 2.31. The quantitative estimate of drug-likeness (QED) is 0.737. The molecular weight excluding hydrogens is 347 g/mol. The number of nitrogens with zero attached hydrogens (tertiary/aromatic N) is 2. The first-order valence-corrected chi connectivity index (χ1v) is 9.49. The maximum absolute atomic E-state index is 12.5. The van der Waals surface area contributed by atoms with Gasteiger partial charge in [0.05, 0.1) is 11.6 Å². The predicted molar refractivity (Wildman–Crippen MR) is 97.0 cm³/mol. The second kappa shape index (κ2) is 8.41. The summed E-state index contributed by atoms with van der Waals surface area (Å²) in [6.45, 7) is 4.56. The molecule has 2 aliphatic heterocycles. The Bertz CT molecular complexity index is 582. The molecule has 3 rings (SSSR count). The van der Waals surface area contributed by atoms with Gasteiger partial charge in [-0.25, -0.2) is 0 Å². The van der Waals surface area contributed by atoms with E-state index in [-0.39, 0.29) is 5.91 Å². The van der Waals surface area contributed by atoms with E-state index in [1.807, 2.05) is 4.90 Å². The van der Waals surface area contributed by atoms with Crippen LogP contribution in [-0.4, -0.2) is 54.5 Å². The molecule has 0 aromatic heterocycles. The molecule has 1 aromatic rings. The van der Waals surface area contributed by atoms with Gasteiger partial charge in [-0.05, 0) is 44.4 Å². The summed E-state index contributed by atoms with van der Waals surface area (Å²) in [5.41, 5.74) is 0. The normalized spacial score (nSPS) is 21.4. The molecule has 0 saturated carbocycles. The fourth-order valence-corrected chi connectivity index (χ4v) is 3.94. The van der Waals surface area contributed by atoms with Crippen LogP contribution >= 0.6 is 23.2 Å². The van der Waals surface area contributed by atoms with Gasteiger partial charge in [-0.1, -0.05) is 29.3 Å². The number of rotatable bonds is 5. The lowest BCUT2D eigenvalue weighted by Gasteiger charge is -2.25. The lowest BCUT2D eigenvalue weighted by atomic mass is 10.2. The van der Waals surface area contributed by atoms with E-state index in [1.165, 1.54) is 19.4 Å². The molecule has 2 saturated heterocycles. The van der Waals surface area contributed by atoms with Gasteiger partial charge in [0.2, 0.25) is 5.91 Å². The van der Waals surface area contributed by atoms with Crippen molar-refractivity contribution in [2.45, 2.75) is 38.1 Å². The van der Waals surface area contributed by atoms with Crippen LogP contribution in [0.2, 0.25) is 10.0 Å². The van der Waals surface area contributed by atoms with E-state index in [2.05, 4.69) is 4.90 Å². The van der Waals surface area contributed by atoms with Crippen molar-refractivity contribution in [1.82, 2.24) is 9.80 Å². The first kappa shape index (κ1) is 17.8. The van der Waals surface area contributed by atoms with Crippen molar-refractivity contribution in [3.05, 3.63) is 28.2 Å². The van der Waals surface area contributed by atoms with Crippen molar-refractivity contribution in [1.29, 1.82) is 0 Å². The first-order chi connectivity index (χ1) is 11.6. The largest absolute Gasteiger partial charge is 0.492 e. The Labute approximate surface area is 153 Å². The predicted octanol–water partition coefficient (Wildman–Crippen LogP) is 3.85. The van der Waals surface area contributed by atoms with Crippen LogP contribution in [0.4, 0.5) is 0 Å². The Morgan fingerprint density at radius 2 is 2.04 bits per heavy atom. The monoisotopic (exact) mass is 370 g/mol. The topological polar surface area (TPSA) is 32.8 Å². The number of carbonyl (C=O) groups is 1.